The average Bonchev–Trinajstić information content (AvgIpc) is 3.04. The molecule has 5 nitrogen and oxygen atoms in total. The van der Waals surface area contributed by atoms with Crippen molar-refractivity contribution in [2.45, 2.75) is 64.8 Å². The normalized spacial score (nSPS) is 20.4. The van der Waals surface area contributed by atoms with Crippen molar-refractivity contribution in [2.24, 2.45) is 0 Å². The van der Waals surface area contributed by atoms with Gasteiger partial charge in [-0.1, -0.05) is 0 Å². The van der Waals surface area contributed by atoms with Crippen LogP contribution in [-0.2, 0) is 12.8 Å². The molecule has 0 aromatic carbocycles. The molecule has 0 bridgehead atoms. The summed E-state index contributed by atoms with van der Waals surface area (Å²) in [7, 11) is 0. The highest BCUT2D eigenvalue weighted by atomic mass is 79.9. The van der Waals surface area contributed by atoms with E-state index in [4.69, 9.17) is 9.97 Å². The van der Waals surface area contributed by atoms with Gasteiger partial charge in [0.15, 0.2) is 5.65 Å². The standard InChI is InChI=1S/C20H23BrN4OS/c1-11-7-5-6-10-24(11)20-22-12(2)16(21)17-23-18-15(19(26)25(17)20)13-8-3-4-9-14(13)27-18/h11H,3-10H2,1-2H3. The summed E-state index contributed by atoms with van der Waals surface area (Å²) < 4.78 is 2.59. The van der Waals surface area contributed by atoms with E-state index >= 15 is 0 Å². The minimum Gasteiger partial charge on any atom is -0.339 e. The van der Waals surface area contributed by atoms with Gasteiger partial charge in [-0.15, -0.1) is 11.3 Å². The molecular weight excluding hydrogens is 424 g/mol. The lowest BCUT2D eigenvalue weighted by molar-refractivity contribution is 0.474. The number of nitrogens with zero attached hydrogens (tertiary/aromatic N) is 4. The predicted molar refractivity (Wildman–Crippen MR) is 114 cm³/mol. The fourth-order valence-electron chi connectivity index (χ4n) is 4.54. The Morgan fingerprint density at radius 3 is 2.78 bits per heavy atom. The summed E-state index contributed by atoms with van der Waals surface area (Å²) in [6, 6.07) is 0.383. The summed E-state index contributed by atoms with van der Waals surface area (Å²) in [5.74, 6) is 0.757. The molecule has 5 rings (SSSR count). The third kappa shape index (κ3) is 2.65. The second-order valence-corrected chi connectivity index (χ2v) is 9.69. The van der Waals surface area contributed by atoms with Crippen molar-refractivity contribution in [3.63, 3.8) is 0 Å². The van der Waals surface area contributed by atoms with Gasteiger partial charge >= 0.3 is 0 Å². The summed E-state index contributed by atoms with van der Waals surface area (Å²) in [5, 5.41) is 0.829. The van der Waals surface area contributed by atoms with Gasteiger partial charge in [0, 0.05) is 17.5 Å². The summed E-state index contributed by atoms with van der Waals surface area (Å²) in [4.78, 5) is 28.0. The van der Waals surface area contributed by atoms with E-state index < -0.39 is 0 Å². The number of aryl methyl sites for hydroxylation is 3. The molecule has 3 aromatic rings. The minimum atomic E-state index is 0.0513. The minimum absolute atomic E-state index is 0.0513. The third-order valence-electron chi connectivity index (χ3n) is 6.03. The summed E-state index contributed by atoms with van der Waals surface area (Å²) in [6.45, 7) is 5.15. The summed E-state index contributed by atoms with van der Waals surface area (Å²) in [6.07, 6.45) is 7.95. The Labute approximate surface area is 170 Å². The molecule has 0 spiro atoms. The fourth-order valence-corrected chi connectivity index (χ4v) is 6.14. The number of piperidine rings is 1. The lowest BCUT2D eigenvalue weighted by atomic mass is 9.97. The van der Waals surface area contributed by atoms with Crippen molar-refractivity contribution >= 4 is 49.1 Å². The second-order valence-electron chi connectivity index (χ2n) is 7.82. The lowest BCUT2D eigenvalue weighted by Gasteiger charge is -2.34. The second kappa shape index (κ2) is 6.55. The zero-order valence-electron chi connectivity index (χ0n) is 15.7. The number of thiophene rings is 1. The van der Waals surface area contributed by atoms with Crippen molar-refractivity contribution in [1.29, 1.82) is 0 Å². The van der Waals surface area contributed by atoms with Crippen molar-refractivity contribution in [3.05, 3.63) is 31.0 Å². The molecule has 1 aliphatic heterocycles. The van der Waals surface area contributed by atoms with E-state index in [9.17, 15) is 4.79 Å². The van der Waals surface area contributed by atoms with Crippen LogP contribution in [0.5, 0.6) is 0 Å². The van der Waals surface area contributed by atoms with Gasteiger partial charge in [-0.2, -0.15) is 0 Å². The largest absolute Gasteiger partial charge is 0.339 e. The molecule has 0 N–H and O–H groups in total. The molecule has 0 radical (unpaired) electrons. The third-order valence-corrected chi connectivity index (χ3v) is 8.14. The molecule has 1 aliphatic carbocycles. The zero-order valence-corrected chi connectivity index (χ0v) is 18.1. The van der Waals surface area contributed by atoms with Crippen LogP contribution in [0.1, 0.15) is 55.2 Å². The van der Waals surface area contributed by atoms with Crippen LogP contribution < -0.4 is 10.5 Å². The summed E-state index contributed by atoms with van der Waals surface area (Å²) >= 11 is 5.35. The number of aromatic nitrogens is 3. The first-order chi connectivity index (χ1) is 13.1. The van der Waals surface area contributed by atoms with E-state index in [1.54, 1.807) is 15.7 Å². The zero-order chi connectivity index (χ0) is 18.7. The monoisotopic (exact) mass is 446 g/mol. The first-order valence-corrected chi connectivity index (χ1v) is 11.5. The molecule has 3 aromatic heterocycles. The Morgan fingerprint density at radius 2 is 1.96 bits per heavy atom. The number of hydrogen-bond acceptors (Lipinski definition) is 5. The Morgan fingerprint density at radius 1 is 1.15 bits per heavy atom. The molecule has 1 unspecified atom stereocenters. The fraction of sp³-hybridized carbons (Fsp3) is 0.550. The van der Waals surface area contributed by atoms with Crippen LogP contribution in [0.15, 0.2) is 9.27 Å². The highest BCUT2D eigenvalue weighted by molar-refractivity contribution is 9.10. The predicted octanol–water partition coefficient (Wildman–Crippen LogP) is 4.63. The Hall–Kier alpha value is -1.47. The van der Waals surface area contributed by atoms with E-state index in [0.29, 0.717) is 11.7 Å². The first kappa shape index (κ1) is 17.6. The average molecular weight is 447 g/mol. The molecule has 2 aliphatic rings. The van der Waals surface area contributed by atoms with E-state index in [2.05, 4.69) is 27.8 Å². The lowest BCUT2D eigenvalue weighted by Crippen LogP contribution is -2.40. The Bertz CT molecular complexity index is 1120. The number of halogens is 1. The highest BCUT2D eigenvalue weighted by Crippen LogP contribution is 2.35. The molecule has 0 saturated carbocycles. The molecule has 0 amide bonds. The van der Waals surface area contributed by atoms with Gasteiger partial charge < -0.3 is 4.90 Å². The van der Waals surface area contributed by atoms with Crippen LogP contribution in [0.3, 0.4) is 0 Å². The van der Waals surface area contributed by atoms with Gasteiger partial charge in [0.05, 0.1) is 15.6 Å². The van der Waals surface area contributed by atoms with Gasteiger partial charge in [-0.3, -0.25) is 4.79 Å². The van der Waals surface area contributed by atoms with Gasteiger partial charge in [0.2, 0.25) is 5.95 Å². The maximum atomic E-state index is 13.7. The van der Waals surface area contributed by atoms with Crippen LogP contribution in [0.4, 0.5) is 5.95 Å². The highest BCUT2D eigenvalue weighted by Gasteiger charge is 2.27. The first-order valence-electron chi connectivity index (χ1n) is 9.86. The van der Waals surface area contributed by atoms with Gasteiger partial charge in [0.1, 0.15) is 4.83 Å². The molecule has 27 heavy (non-hydrogen) atoms. The molecular formula is C20H23BrN4OS. The van der Waals surface area contributed by atoms with E-state index in [0.717, 1.165) is 65.0 Å². The van der Waals surface area contributed by atoms with Crippen molar-refractivity contribution in [1.82, 2.24) is 14.4 Å². The van der Waals surface area contributed by atoms with Gasteiger partial charge in [0.25, 0.3) is 5.56 Å². The number of hydrogen-bond donors (Lipinski definition) is 0. The molecule has 1 fully saturated rings. The molecule has 1 saturated heterocycles. The summed E-state index contributed by atoms with van der Waals surface area (Å²) in [5.41, 5.74) is 2.87. The SMILES string of the molecule is Cc1nc(N2CCCCC2C)n2c(=O)c3c4c(sc3nc2c1Br)CCCC4. The van der Waals surface area contributed by atoms with Crippen molar-refractivity contribution in [2.75, 3.05) is 11.4 Å². The maximum Gasteiger partial charge on any atom is 0.269 e. The van der Waals surface area contributed by atoms with Crippen molar-refractivity contribution in [3.8, 4) is 0 Å². The number of rotatable bonds is 1. The van der Waals surface area contributed by atoms with Crippen LogP contribution >= 0.6 is 27.3 Å². The number of anilines is 1. The topological polar surface area (TPSA) is 50.5 Å². The van der Waals surface area contributed by atoms with E-state index in [1.807, 2.05) is 6.92 Å². The Balaban J connectivity index is 1.88. The van der Waals surface area contributed by atoms with Crippen LogP contribution in [-0.4, -0.2) is 27.0 Å². The molecule has 142 valence electrons. The van der Waals surface area contributed by atoms with Gasteiger partial charge in [-0.05, 0) is 80.3 Å². The Kier molecular flexibility index (Phi) is 4.27. The van der Waals surface area contributed by atoms with Crippen molar-refractivity contribution < 1.29 is 0 Å². The molecule has 1 atom stereocenters. The van der Waals surface area contributed by atoms with Crippen LogP contribution in [0, 0.1) is 6.92 Å². The molecule has 7 heteroatoms. The van der Waals surface area contributed by atoms with E-state index in [-0.39, 0.29) is 5.56 Å². The smallest absolute Gasteiger partial charge is 0.269 e. The van der Waals surface area contributed by atoms with E-state index in [1.165, 1.54) is 23.3 Å². The quantitative estimate of drug-likeness (QED) is 0.546. The van der Waals surface area contributed by atoms with Crippen LogP contribution in [0.25, 0.3) is 15.9 Å². The van der Waals surface area contributed by atoms with Crippen LogP contribution in [0.2, 0.25) is 0 Å². The van der Waals surface area contributed by atoms with Gasteiger partial charge in [-0.25, -0.2) is 14.4 Å². The molecule has 4 heterocycles. The maximum absolute atomic E-state index is 13.7. The number of fused-ring (bicyclic) bond motifs is 4.